The summed E-state index contributed by atoms with van der Waals surface area (Å²) in [5, 5.41) is 0.436. The number of amides is 2. The van der Waals surface area contributed by atoms with Crippen LogP contribution in [0.2, 0.25) is 5.02 Å². The number of carbonyl (C=O) groups excluding carboxylic acids is 1. The van der Waals surface area contributed by atoms with Crippen molar-refractivity contribution in [1.82, 2.24) is 0 Å². The van der Waals surface area contributed by atoms with E-state index in [1.54, 1.807) is 34.1 Å². The van der Waals surface area contributed by atoms with Gasteiger partial charge >= 0.3 is 6.03 Å². The average molecular weight is 391 g/mol. The molecule has 2 aliphatic rings. The molecular weight excluding hydrogens is 372 g/mol. The standard InChI is InChI=1S/C19H19ClN2O3S/c1-12-7-8-14(9-13(12)2)21-17-10-26(24,25)11-18(17)22(19(21)23)16-6-4-3-5-15(16)20/h3-9,17-18H,10-11H2,1-2H3/t17-,18-/m1/s1. The summed E-state index contributed by atoms with van der Waals surface area (Å²) in [5.74, 6) is -0.0761. The SMILES string of the molecule is Cc1ccc(N2C(=O)N(c3ccccc3Cl)[C@@H]3CS(=O)(=O)C[C@H]32)cc1C. The van der Waals surface area contributed by atoms with Crippen LogP contribution in [0.25, 0.3) is 0 Å². The van der Waals surface area contributed by atoms with Gasteiger partial charge in [0.05, 0.1) is 34.3 Å². The second-order valence-corrected chi connectivity index (χ2v) is 9.52. The highest BCUT2D eigenvalue weighted by molar-refractivity contribution is 7.91. The fourth-order valence-electron chi connectivity index (χ4n) is 3.81. The van der Waals surface area contributed by atoms with Gasteiger partial charge in [-0.25, -0.2) is 13.2 Å². The Morgan fingerprint density at radius 1 is 0.962 bits per heavy atom. The van der Waals surface area contributed by atoms with Crippen molar-refractivity contribution >= 4 is 38.8 Å². The van der Waals surface area contributed by atoms with Crippen LogP contribution >= 0.6 is 11.6 Å². The van der Waals surface area contributed by atoms with Crippen LogP contribution in [0.3, 0.4) is 0 Å². The third-order valence-corrected chi connectivity index (χ3v) is 7.27. The van der Waals surface area contributed by atoms with Crippen LogP contribution in [-0.2, 0) is 9.84 Å². The number of benzene rings is 2. The minimum absolute atomic E-state index is 0.0305. The minimum atomic E-state index is -3.22. The number of anilines is 2. The molecule has 136 valence electrons. The zero-order valence-corrected chi connectivity index (χ0v) is 16.1. The van der Waals surface area contributed by atoms with Gasteiger partial charge < -0.3 is 0 Å². The quantitative estimate of drug-likeness (QED) is 0.736. The van der Waals surface area contributed by atoms with Gasteiger partial charge in [-0.1, -0.05) is 29.8 Å². The zero-order valence-electron chi connectivity index (χ0n) is 14.5. The number of hydrogen-bond donors (Lipinski definition) is 0. The smallest absolute Gasteiger partial charge is 0.288 e. The lowest BCUT2D eigenvalue weighted by Crippen LogP contribution is -2.38. The lowest BCUT2D eigenvalue weighted by molar-refractivity contribution is 0.255. The van der Waals surface area contributed by atoms with Crippen molar-refractivity contribution in [3.63, 3.8) is 0 Å². The molecule has 0 unspecified atom stereocenters. The molecule has 2 saturated heterocycles. The molecule has 4 rings (SSSR count). The molecule has 7 heteroatoms. The summed E-state index contributed by atoms with van der Waals surface area (Å²) in [6, 6.07) is 11.7. The van der Waals surface area contributed by atoms with Gasteiger partial charge in [-0.15, -0.1) is 0 Å². The molecule has 0 radical (unpaired) electrons. The first kappa shape index (κ1) is 17.4. The van der Waals surface area contributed by atoms with Gasteiger partial charge in [0.2, 0.25) is 0 Å². The maximum absolute atomic E-state index is 13.3. The van der Waals surface area contributed by atoms with Gasteiger partial charge in [0.1, 0.15) is 0 Å². The number of aryl methyl sites for hydroxylation is 2. The number of para-hydroxylation sites is 1. The summed E-state index contributed by atoms with van der Waals surface area (Å²) in [7, 11) is -3.22. The van der Waals surface area contributed by atoms with E-state index in [9.17, 15) is 13.2 Å². The molecule has 0 spiro atoms. The molecule has 2 fully saturated rings. The van der Waals surface area contributed by atoms with E-state index in [0.29, 0.717) is 10.7 Å². The third kappa shape index (κ3) is 2.68. The summed E-state index contributed by atoms with van der Waals surface area (Å²) in [4.78, 5) is 16.4. The van der Waals surface area contributed by atoms with Gasteiger partial charge in [0.25, 0.3) is 0 Å². The fraction of sp³-hybridized carbons (Fsp3) is 0.316. The number of sulfone groups is 1. The largest absolute Gasteiger partial charge is 0.329 e. The van der Waals surface area contributed by atoms with Crippen LogP contribution in [0.4, 0.5) is 16.2 Å². The van der Waals surface area contributed by atoms with E-state index >= 15 is 0 Å². The molecule has 2 aliphatic heterocycles. The van der Waals surface area contributed by atoms with Crippen molar-refractivity contribution in [2.75, 3.05) is 21.3 Å². The first-order chi connectivity index (χ1) is 12.3. The van der Waals surface area contributed by atoms with Crippen molar-refractivity contribution in [3.05, 3.63) is 58.6 Å². The summed E-state index contributed by atoms with van der Waals surface area (Å²) in [6.07, 6.45) is 0. The number of carbonyl (C=O) groups is 1. The van der Waals surface area contributed by atoms with Gasteiger partial charge in [-0.2, -0.15) is 0 Å². The molecule has 5 nitrogen and oxygen atoms in total. The van der Waals surface area contributed by atoms with Crippen molar-refractivity contribution < 1.29 is 13.2 Å². The van der Waals surface area contributed by atoms with Crippen LogP contribution in [0.15, 0.2) is 42.5 Å². The summed E-state index contributed by atoms with van der Waals surface area (Å²) >= 11 is 6.31. The molecule has 0 saturated carbocycles. The topological polar surface area (TPSA) is 57.7 Å². The third-order valence-electron chi connectivity index (χ3n) is 5.25. The van der Waals surface area contributed by atoms with Crippen LogP contribution in [0.1, 0.15) is 11.1 Å². The molecule has 2 atom stereocenters. The normalized spacial score (nSPS) is 24.2. The number of rotatable bonds is 2. The lowest BCUT2D eigenvalue weighted by atomic mass is 10.1. The Bertz CT molecular complexity index is 1010. The first-order valence-corrected chi connectivity index (χ1v) is 10.6. The van der Waals surface area contributed by atoms with E-state index in [4.69, 9.17) is 11.6 Å². The minimum Gasteiger partial charge on any atom is -0.288 e. The van der Waals surface area contributed by atoms with Crippen LogP contribution in [-0.4, -0.2) is 38.0 Å². The number of urea groups is 1. The Labute approximate surface area is 158 Å². The Balaban J connectivity index is 1.84. The van der Waals surface area contributed by atoms with Crippen molar-refractivity contribution in [1.29, 1.82) is 0 Å². The van der Waals surface area contributed by atoms with E-state index in [0.717, 1.165) is 16.8 Å². The monoisotopic (exact) mass is 390 g/mol. The molecular formula is C19H19ClN2O3S. The highest BCUT2D eigenvalue weighted by Crippen LogP contribution is 2.40. The van der Waals surface area contributed by atoms with E-state index < -0.39 is 21.9 Å². The van der Waals surface area contributed by atoms with Crippen molar-refractivity contribution in [2.24, 2.45) is 0 Å². The lowest BCUT2D eigenvalue weighted by Gasteiger charge is -2.23. The number of nitrogens with zero attached hydrogens (tertiary/aromatic N) is 2. The highest BCUT2D eigenvalue weighted by atomic mass is 35.5. The predicted molar refractivity (Wildman–Crippen MR) is 104 cm³/mol. The maximum Gasteiger partial charge on any atom is 0.329 e. The van der Waals surface area contributed by atoms with E-state index in [-0.39, 0.29) is 17.5 Å². The molecule has 2 amide bonds. The van der Waals surface area contributed by atoms with Crippen molar-refractivity contribution in [2.45, 2.75) is 25.9 Å². The molecule has 2 aromatic rings. The number of halogens is 1. The molecule has 0 aromatic heterocycles. The van der Waals surface area contributed by atoms with E-state index in [1.807, 2.05) is 32.0 Å². The molecule has 0 bridgehead atoms. The second-order valence-electron chi connectivity index (χ2n) is 6.95. The number of fused-ring (bicyclic) bond motifs is 1. The predicted octanol–water partition coefficient (Wildman–Crippen LogP) is 3.57. The molecule has 2 aromatic carbocycles. The number of hydrogen-bond acceptors (Lipinski definition) is 3. The Morgan fingerprint density at radius 2 is 1.62 bits per heavy atom. The molecule has 0 N–H and O–H groups in total. The van der Waals surface area contributed by atoms with Crippen LogP contribution < -0.4 is 9.80 Å². The average Bonchev–Trinajstić information content (AvgIpc) is 3.00. The molecule has 0 aliphatic carbocycles. The maximum atomic E-state index is 13.3. The van der Waals surface area contributed by atoms with E-state index in [1.165, 1.54) is 0 Å². The summed E-state index contributed by atoms with van der Waals surface area (Å²) in [6.45, 7) is 3.98. The van der Waals surface area contributed by atoms with E-state index in [2.05, 4.69) is 0 Å². The fourth-order valence-corrected chi connectivity index (χ4v) is 5.96. The highest BCUT2D eigenvalue weighted by Gasteiger charge is 2.54. The second kappa shape index (κ2) is 5.99. The van der Waals surface area contributed by atoms with Crippen LogP contribution in [0.5, 0.6) is 0 Å². The van der Waals surface area contributed by atoms with Gasteiger partial charge in [0.15, 0.2) is 9.84 Å². The van der Waals surface area contributed by atoms with Gasteiger partial charge in [-0.3, -0.25) is 9.80 Å². The molecule has 26 heavy (non-hydrogen) atoms. The Morgan fingerprint density at radius 3 is 2.27 bits per heavy atom. The zero-order chi connectivity index (χ0) is 18.6. The first-order valence-electron chi connectivity index (χ1n) is 8.43. The van der Waals surface area contributed by atoms with Crippen molar-refractivity contribution in [3.8, 4) is 0 Å². The Hall–Kier alpha value is -2.05. The van der Waals surface area contributed by atoms with Gasteiger partial charge in [-0.05, 0) is 49.2 Å². The van der Waals surface area contributed by atoms with Gasteiger partial charge in [0, 0.05) is 5.69 Å². The van der Waals surface area contributed by atoms with Crippen LogP contribution in [0, 0.1) is 13.8 Å². The summed E-state index contributed by atoms with van der Waals surface area (Å²) in [5.41, 5.74) is 3.46. The molecule has 2 heterocycles. The Kier molecular flexibility index (Phi) is 4.00. The summed E-state index contributed by atoms with van der Waals surface area (Å²) < 4.78 is 24.6.